The van der Waals surface area contributed by atoms with Gasteiger partial charge in [-0.15, -0.1) is 22.7 Å². The third-order valence-electron chi connectivity index (χ3n) is 3.38. The van der Waals surface area contributed by atoms with Crippen LogP contribution >= 0.6 is 22.7 Å². The van der Waals surface area contributed by atoms with Crippen molar-refractivity contribution in [2.75, 3.05) is 6.61 Å². The average Bonchev–Trinajstić information content (AvgIpc) is 3.27. The molecule has 2 heterocycles. The minimum atomic E-state index is -0.328. The summed E-state index contributed by atoms with van der Waals surface area (Å²) in [5.41, 5.74) is 0. The zero-order valence-electron chi connectivity index (χ0n) is 12.9. The van der Waals surface area contributed by atoms with E-state index in [9.17, 15) is 9.18 Å². The number of hydrogen-bond donors (Lipinski definition) is 0. The molecule has 24 heavy (non-hydrogen) atoms. The Kier molecular flexibility index (Phi) is 5.61. The van der Waals surface area contributed by atoms with E-state index in [4.69, 9.17) is 4.74 Å². The molecule has 0 aliphatic carbocycles. The van der Waals surface area contributed by atoms with Crippen molar-refractivity contribution in [3.8, 4) is 5.75 Å². The summed E-state index contributed by atoms with van der Waals surface area (Å²) in [6.07, 6.45) is 0. The Morgan fingerprint density at radius 2 is 1.54 bits per heavy atom. The molecule has 1 amide bonds. The summed E-state index contributed by atoms with van der Waals surface area (Å²) in [6, 6.07) is 13.6. The van der Waals surface area contributed by atoms with Crippen LogP contribution in [0.4, 0.5) is 4.39 Å². The Bertz CT molecular complexity index is 719. The van der Waals surface area contributed by atoms with E-state index in [0.29, 0.717) is 18.8 Å². The van der Waals surface area contributed by atoms with Crippen LogP contribution in [0.2, 0.25) is 0 Å². The Hall–Kier alpha value is -2.18. The van der Waals surface area contributed by atoms with E-state index in [-0.39, 0.29) is 18.3 Å². The molecule has 0 N–H and O–H groups in total. The average molecular weight is 361 g/mol. The zero-order valence-corrected chi connectivity index (χ0v) is 14.5. The van der Waals surface area contributed by atoms with Gasteiger partial charge in [-0.25, -0.2) is 4.39 Å². The molecule has 2 aromatic heterocycles. The lowest BCUT2D eigenvalue weighted by Crippen LogP contribution is -2.33. The molecule has 0 bridgehead atoms. The minimum Gasteiger partial charge on any atom is -0.484 e. The van der Waals surface area contributed by atoms with Crippen LogP contribution < -0.4 is 4.74 Å². The quantitative estimate of drug-likeness (QED) is 0.617. The molecule has 3 aromatic rings. The van der Waals surface area contributed by atoms with Gasteiger partial charge >= 0.3 is 0 Å². The zero-order chi connectivity index (χ0) is 16.8. The highest BCUT2D eigenvalue weighted by Crippen LogP contribution is 2.18. The van der Waals surface area contributed by atoms with E-state index in [1.54, 1.807) is 27.6 Å². The molecule has 3 rings (SSSR count). The van der Waals surface area contributed by atoms with Gasteiger partial charge in [0.05, 0.1) is 13.1 Å². The molecule has 0 unspecified atom stereocenters. The third-order valence-corrected chi connectivity index (χ3v) is 5.10. The monoisotopic (exact) mass is 361 g/mol. The molecule has 124 valence electrons. The smallest absolute Gasteiger partial charge is 0.261 e. The number of carbonyl (C=O) groups is 1. The van der Waals surface area contributed by atoms with Gasteiger partial charge in [-0.3, -0.25) is 4.79 Å². The van der Waals surface area contributed by atoms with Crippen molar-refractivity contribution in [1.29, 1.82) is 0 Å². The number of rotatable bonds is 7. The summed E-state index contributed by atoms with van der Waals surface area (Å²) in [6.45, 7) is 1.05. The first-order chi connectivity index (χ1) is 11.7. The SMILES string of the molecule is O=C(COc1ccc(F)cc1)N(Cc1cccs1)Cc1cccs1. The molecule has 0 saturated carbocycles. The number of carbonyl (C=O) groups excluding carboxylic acids is 1. The lowest BCUT2D eigenvalue weighted by Gasteiger charge is -2.21. The number of ether oxygens (including phenoxy) is 1. The predicted molar refractivity (Wildman–Crippen MR) is 94.8 cm³/mol. The Morgan fingerprint density at radius 3 is 2.04 bits per heavy atom. The van der Waals surface area contributed by atoms with E-state index >= 15 is 0 Å². The van der Waals surface area contributed by atoms with E-state index in [1.807, 2.05) is 35.0 Å². The van der Waals surface area contributed by atoms with E-state index in [1.165, 1.54) is 24.3 Å². The summed E-state index contributed by atoms with van der Waals surface area (Å²) in [5, 5.41) is 4.00. The van der Waals surface area contributed by atoms with Crippen LogP contribution in [-0.4, -0.2) is 17.4 Å². The van der Waals surface area contributed by atoms with Gasteiger partial charge in [-0.2, -0.15) is 0 Å². The van der Waals surface area contributed by atoms with E-state index in [2.05, 4.69) is 0 Å². The molecule has 0 spiro atoms. The fourth-order valence-corrected chi connectivity index (χ4v) is 3.62. The maximum Gasteiger partial charge on any atom is 0.261 e. The highest BCUT2D eigenvalue weighted by molar-refractivity contribution is 7.10. The first-order valence-corrected chi connectivity index (χ1v) is 9.17. The molecular weight excluding hydrogens is 345 g/mol. The van der Waals surface area contributed by atoms with Gasteiger partial charge in [0.1, 0.15) is 11.6 Å². The fourth-order valence-electron chi connectivity index (χ4n) is 2.18. The van der Waals surface area contributed by atoms with Gasteiger partial charge in [-0.1, -0.05) is 12.1 Å². The van der Waals surface area contributed by atoms with Crippen molar-refractivity contribution < 1.29 is 13.9 Å². The molecule has 1 aromatic carbocycles. The maximum atomic E-state index is 12.9. The second-order valence-electron chi connectivity index (χ2n) is 5.15. The second-order valence-corrected chi connectivity index (χ2v) is 7.22. The molecule has 0 aliphatic rings. The number of benzene rings is 1. The Morgan fingerprint density at radius 1 is 0.958 bits per heavy atom. The lowest BCUT2D eigenvalue weighted by molar-refractivity contribution is -0.134. The molecular formula is C18H16FNO2S2. The Labute approximate surface area is 147 Å². The fraction of sp³-hybridized carbons (Fsp3) is 0.167. The van der Waals surface area contributed by atoms with Crippen LogP contribution in [0.1, 0.15) is 9.75 Å². The van der Waals surface area contributed by atoms with Gasteiger partial charge < -0.3 is 9.64 Å². The summed E-state index contributed by atoms with van der Waals surface area (Å²) >= 11 is 3.25. The van der Waals surface area contributed by atoms with Crippen LogP contribution in [0.3, 0.4) is 0 Å². The van der Waals surface area contributed by atoms with Crippen molar-refractivity contribution in [1.82, 2.24) is 4.90 Å². The Balaban J connectivity index is 1.64. The molecule has 0 saturated heterocycles. The van der Waals surface area contributed by atoms with Crippen LogP contribution in [0, 0.1) is 5.82 Å². The summed E-state index contributed by atoms with van der Waals surface area (Å²) < 4.78 is 18.4. The van der Waals surface area contributed by atoms with Gasteiger partial charge in [0.15, 0.2) is 6.61 Å². The topological polar surface area (TPSA) is 29.5 Å². The van der Waals surface area contributed by atoms with Crippen molar-refractivity contribution in [2.45, 2.75) is 13.1 Å². The van der Waals surface area contributed by atoms with E-state index in [0.717, 1.165) is 9.75 Å². The minimum absolute atomic E-state index is 0.0671. The standard InChI is InChI=1S/C18H16FNO2S2/c19-14-5-7-15(8-6-14)22-13-18(21)20(11-16-3-1-9-23-16)12-17-4-2-10-24-17/h1-10H,11-13H2. The van der Waals surface area contributed by atoms with Crippen LogP contribution in [-0.2, 0) is 17.9 Å². The summed E-state index contributed by atoms with van der Waals surface area (Å²) in [4.78, 5) is 16.6. The first-order valence-electron chi connectivity index (χ1n) is 7.41. The molecule has 6 heteroatoms. The van der Waals surface area contributed by atoms with Crippen LogP contribution in [0.15, 0.2) is 59.3 Å². The molecule has 3 nitrogen and oxygen atoms in total. The number of amides is 1. The summed E-state index contributed by atoms with van der Waals surface area (Å²) in [7, 11) is 0. The van der Waals surface area contributed by atoms with Crippen molar-refractivity contribution >= 4 is 28.6 Å². The van der Waals surface area contributed by atoms with Crippen molar-refractivity contribution in [2.24, 2.45) is 0 Å². The largest absolute Gasteiger partial charge is 0.484 e. The molecule has 0 radical (unpaired) electrons. The van der Waals surface area contributed by atoms with Gasteiger partial charge in [0.25, 0.3) is 5.91 Å². The van der Waals surface area contributed by atoms with Gasteiger partial charge in [0.2, 0.25) is 0 Å². The number of halogens is 1. The lowest BCUT2D eigenvalue weighted by atomic mass is 10.3. The van der Waals surface area contributed by atoms with Gasteiger partial charge in [-0.05, 0) is 47.2 Å². The molecule has 0 aliphatic heterocycles. The number of hydrogen-bond acceptors (Lipinski definition) is 4. The number of thiophene rings is 2. The van der Waals surface area contributed by atoms with E-state index < -0.39 is 0 Å². The number of nitrogens with zero attached hydrogens (tertiary/aromatic N) is 1. The molecule has 0 fully saturated rings. The highest BCUT2D eigenvalue weighted by atomic mass is 32.1. The molecule has 0 atom stereocenters. The summed E-state index contributed by atoms with van der Waals surface area (Å²) in [5.74, 6) is 0.0590. The third kappa shape index (κ3) is 4.66. The second kappa shape index (κ2) is 8.08. The van der Waals surface area contributed by atoms with Crippen LogP contribution in [0.5, 0.6) is 5.75 Å². The van der Waals surface area contributed by atoms with Gasteiger partial charge in [0, 0.05) is 9.75 Å². The van der Waals surface area contributed by atoms with Crippen molar-refractivity contribution in [3.63, 3.8) is 0 Å². The van der Waals surface area contributed by atoms with Crippen molar-refractivity contribution in [3.05, 3.63) is 74.9 Å². The van der Waals surface area contributed by atoms with Crippen LogP contribution in [0.25, 0.3) is 0 Å². The predicted octanol–water partition coefficient (Wildman–Crippen LogP) is 4.56. The normalized spacial score (nSPS) is 10.5. The highest BCUT2D eigenvalue weighted by Gasteiger charge is 2.16. The first kappa shape index (κ1) is 16.7. The maximum absolute atomic E-state index is 12.9.